The van der Waals surface area contributed by atoms with E-state index in [-0.39, 0.29) is 6.04 Å². The van der Waals surface area contributed by atoms with Crippen molar-refractivity contribution in [3.8, 4) is 0 Å². The van der Waals surface area contributed by atoms with E-state index in [9.17, 15) is 9.90 Å². The quantitative estimate of drug-likeness (QED) is 0.922. The molecule has 1 saturated heterocycles. The summed E-state index contributed by atoms with van der Waals surface area (Å²) in [5, 5.41) is 10.3. The SMILES string of the molecule is CCCc1nc(C2CN(C)CCCN2C)sc1C(=O)O. The lowest BCUT2D eigenvalue weighted by Gasteiger charge is -2.25. The molecule has 0 amide bonds. The van der Waals surface area contributed by atoms with Gasteiger partial charge in [-0.3, -0.25) is 4.90 Å². The van der Waals surface area contributed by atoms with E-state index in [1.54, 1.807) is 0 Å². The number of aromatic nitrogens is 1. The Hall–Kier alpha value is -0.980. The average Bonchev–Trinajstić information content (AvgIpc) is 2.72. The Labute approximate surface area is 124 Å². The van der Waals surface area contributed by atoms with Crippen LogP contribution in [0.15, 0.2) is 0 Å². The highest BCUT2D eigenvalue weighted by atomic mass is 32.1. The van der Waals surface area contributed by atoms with Gasteiger partial charge in [0.2, 0.25) is 0 Å². The summed E-state index contributed by atoms with van der Waals surface area (Å²) in [4.78, 5) is 21.0. The summed E-state index contributed by atoms with van der Waals surface area (Å²) in [6.45, 7) is 5.07. The van der Waals surface area contributed by atoms with Gasteiger partial charge in [0.05, 0.1) is 11.7 Å². The third kappa shape index (κ3) is 3.37. The number of thiazole rings is 1. The molecule has 1 aromatic rings. The summed E-state index contributed by atoms with van der Waals surface area (Å²) in [5.74, 6) is -0.846. The van der Waals surface area contributed by atoms with Gasteiger partial charge in [0, 0.05) is 6.54 Å². The molecule has 1 aliphatic heterocycles. The summed E-state index contributed by atoms with van der Waals surface area (Å²) < 4.78 is 0. The number of hydrogen-bond acceptors (Lipinski definition) is 5. The minimum Gasteiger partial charge on any atom is -0.477 e. The van der Waals surface area contributed by atoms with Crippen LogP contribution in [0.3, 0.4) is 0 Å². The maximum atomic E-state index is 11.4. The van der Waals surface area contributed by atoms with Gasteiger partial charge in [0.25, 0.3) is 0 Å². The third-order valence-electron chi connectivity index (χ3n) is 3.75. The van der Waals surface area contributed by atoms with E-state index in [0.29, 0.717) is 4.88 Å². The second-order valence-electron chi connectivity index (χ2n) is 5.50. The molecule has 2 rings (SSSR count). The van der Waals surface area contributed by atoms with Crippen LogP contribution in [0.4, 0.5) is 0 Å². The molecule has 0 saturated carbocycles. The third-order valence-corrected chi connectivity index (χ3v) is 4.93. The normalized spacial score (nSPS) is 21.9. The maximum absolute atomic E-state index is 11.4. The second kappa shape index (κ2) is 6.65. The van der Waals surface area contributed by atoms with Crippen LogP contribution in [0.2, 0.25) is 0 Å². The van der Waals surface area contributed by atoms with Crippen LogP contribution in [0.1, 0.15) is 46.2 Å². The number of carbonyl (C=O) groups is 1. The van der Waals surface area contributed by atoms with Gasteiger partial charge in [-0.2, -0.15) is 0 Å². The van der Waals surface area contributed by atoms with E-state index >= 15 is 0 Å². The Morgan fingerprint density at radius 1 is 1.45 bits per heavy atom. The monoisotopic (exact) mass is 297 g/mol. The zero-order valence-electron chi connectivity index (χ0n) is 12.4. The highest BCUT2D eigenvalue weighted by Crippen LogP contribution is 2.30. The first kappa shape index (κ1) is 15.4. The summed E-state index contributed by atoms with van der Waals surface area (Å²) in [7, 11) is 4.22. The van der Waals surface area contributed by atoms with Crippen molar-refractivity contribution < 1.29 is 9.90 Å². The first-order valence-corrected chi connectivity index (χ1v) is 7.96. The number of nitrogens with zero attached hydrogens (tertiary/aromatic N) is 3. The molecule has 0 bridgehead atoms. The van der Waals surface area contributed by atoms with E-state index in [1.165, 1.54) is 11.3 Å². The molecule has 1 N–H and O–H groups in total. The molecule has 1 atom stereocenters. The van der Waals surface area contributed by atoms with Crippen LogP contribution in [0.5, 0.6) is 0 Å². The molecule has 112 valence electrons. The number of rotatable bonds is 4. The standard InChI is InChI=1S/C14H23N3O2S/c1-4-6-10-12(14(18)19)20-13(15-10)11-9-16(2)7-5-8-17(11)3/h11H,4-9H2,1-3H3,(H,18,19). The molecule has 0 aliphatic carbocycles. The van der Waals surface area contributed by atoms with Gasteiger partial charge in [-0.05, 0) is 40.0 Å². The summed E-state index contributed by atoms with van der Waals surface area (Å²) in [5.41, 5.74) is 0.750. The van der Waals surface area contributed by atoms with Crippen LogP contribution in [-0.4, -0.2) is 59.6 Å². The lowest BCUT2D eigenvalue weighted by molar-refractivity contribution is 0.0700. The summed E-state index contributed by atoms with van der Waals surface area (Å²) in [6.07, 6.45) is 2.80. The number of carboxylic acids is 1. The molecule has 20 heavy (non-hydrogen) atoms. The highest BCUT2D eigenvalue weighted by Gasteiger charge is 2.27. The molecule has 2 heterocycles. The van der Waals surface area contributed by atoms with E-state index in [4.69, 9.17) is 0 Å². The van der Waals surface area contributed by atoms with Crippen molar-refractivity contribution in [2.24, 2.45) is 0 Å². The van der Waals surface area contributed by atoms with Crippen LogP contribution < -0.4 is 0 Å². The van der Waals surface area contributed by atoms with E-state index in [1.807, 2.05) is 0 Å². The van der Waals surface area contributed by atoms with Crippen LogP contribution in [0.25, 0.3) is 0 Å². The highest BCUT2D eigenvalue weighted by molar-refractivity contribution is 7.13. The van der Waals surface area contributed by atoms with Gasteiger partial charge >= 0.3 is 5.97 Å². The Bertz CT molecular complexity index is 475. The molecule has 0 aromatic carbocycles. The topological polar surface area (TPSA) is 56.7 Å². The Morgan fingerprint density at radius 2 is 2.20 bits per heavy atom. The van der Waals surface area contributed by atoms with E-state index in [2.05, 4.69) is 35.8 Å². The number of likely N-dealkylation sites (N-methyl/N-ethyl adjacent to an activating group) is 2. The Kier molecular flexibility index (Phi) is 5.12. The molecule has 0 spiro atoms. The van der Waals surface area contributed by atoms with E-state index in [0.717, 1.165) is 49.6 Å². The molecular weight excluding hydrogens is 274 g/mol. The van der Waals surface area contributed by atoms with Gasteiger partial charge in [-0.1, -0.05) is 13.3 Å². The first-order valence-electron chi connectivity index (χ1n) is 7.14. The average molecular weight is 297 g/mol. The van der Waals surface area contributed by atoms with E-state index < -0.39 is 5.97 Å². The van der Waals surface area contributed by atoms with Crippen LogP contribution in [-0.2, 0) is 6.42 Å². The van der Waals surface area contributed by atoms with Gasteiger partial charge < -0.3 is 10.0 Å². The summed E-state index contributed by atoms with van der Waals surface area (Å²) in [6, 6.07) is 0.205. The maximum Gasteiger partial charge on any atom is 0.347 e. The molecule has 0 radical (unpaired) electrons. The molecular formula is C14H23N3O2S. The molecule has 5 nitrogen and oxygen atoms in total. The molecule has 6 heteroatoms. The summed E-state index contributed by atoms with van der Waals surface area (Å²) >= 11 is 1.35. The van der Waals surface area contributed by atoms with Crippen molar-refractivity contribution >= 4 is 17.3 Å². The predicted molar refractivity (Wildman–Crippen MR) is 80.6 cm³/mol. The predicted octanol–water partition coefficient (Wildman–Crippen LogP) is 2.10. The molecule has 1 fully saturated rings. The van der Waals surface area contributed by atoms with Gasteiger partial charge in [-0.25, -0.2) is 9.78 Å². The lowest BCUT2D eigenvalue weighted by atomic mass is 10.2. The van der Waals surface area contributed by atoms with Gasteiger partial charge in [0.1, 0.15) is 9.88 Å². The largest absolute Gasteiger partial charge is 0.477 e. The van der Waals surface area contributed by atoms with Crippen molar-refractivity contribution in [2.45, 2.75) is 32.2 Å². The minimum absolute atomic E-state index is 0.205. The van der Waals surface area contributed by atoms with Crippen molar-refractivity contribution in [1.82, 2.24) is 14.8 Å². The van der Waals surface area contributed by atoms with Crippen molar-refractivity contribution in [3.05, 3.63) is 15.6 Å². The zero-order chi connectivity index (χ0) is 14.7. The number of carboxylic acid groups (broad SMARTS) is 1. The van der Waals surface area contributed by atoms with Gasteiger partial charge in [-0.15, -0.1) is 11.3 Å². The smallest absolute Gasteiger partial charge is 0.347 e. The van der Waals surface area contributed by atoms with Crippen molar-refractivity contribution in [2.75, 3.05) is 33.7 Å². The Balaban J connectivity index is 2.30. The Morgan fingerprint density at radius 3 is 2.85 bits per heavy atom. The zero-order valence-corrected chi connectivity index (χ0v) is 13.2. The lowest BCUT2D eigenvalue weighted by Crippen LogP contribution is -2.30. The molecule has 1 unspecified atom stereocenters. The minimum atomic E-state index is -0.846. The number of hydrogen-bond donors (Lipinski definition) is 1. The molecule has 1 aromatic heterocycles. The number of aromatic carboxylic acids is 1. The van der Waals surface area contributed by atoms with Crippen molar-refractivity contribution in [1.29, 1.82) is 0 Å². The first-order chi connectivity index (χ1) is 9.52. The van der Waals surface area contributed by atoms with Crippen LogP contribution >= 0.6 is 11.3 Å². The van der Waals surface area contributed by atoms with Gasteiger partial charge in [0.15, 0.2) is 0 Å². The number of aryl methyl sites for hydroxylation is 1. The fourth-order valence-corrected chi connectivity index (χ4v) is 3.73. The van der Waals surface area contributed by atoms with Crippen LogP contribution in [0, 0.1) is 0 Å². The fraction of sp³-hybridized carbons (Fsp3) is 0.714. The van der Waals surface area contributed by atoms with Crippen molar-refractivity contribution in [3.63, 3.8) is 0 Å². The molecule has 1 aliphatic rings. The fourth-order valence-electron chi connectivity index (χ4n) is 2.62. The second-order valence-corrected chi connectivity index (χ2v) is 6.53.